The Morgan fingerprint density at radius 2 is 1.37 bits per heavy atom. The second kappa shape index (κ2) is 21.5. The Morgan fingerprint density at radius 1 is 0.827 bits per heavy atom. The first kappa shape index (κ1) is 45.7. The molecule has 2 rings (SSSR count). The van der Waals surface area contributed by atoms with Gasteiger partial charge in [-0.3, -0.25) is 4.79 Å². The number of aliphatic carboxylic acids is 1. The quantitative estimate of drug-likeness (QED) is 0.0638. The minimum absolute atomic E-state index is 0.00939. The van der Waals surface area contributed by atoms with E-state index in [-0.39, 0.29) is 60.9 Å². The van der Waals surface area contributed by atoms with E-state index in [9.17, 15) is 20.1 Å². The molecule has 0 bridgehead atoms. The van der Waals surface area contributed by atoms with Crippen molar-refractivity contribution in [2.45, 2.75) is 129 Å². The summed E-state index contributed by atoms with van der Waals surface area (Å²) < 4.78 is 30.6. The van der Waals surface area contributed by atoms with Crippen LogP contribution < -0.4 is 0 Å². The minimum atomic E-state index is -1.78. The number of carbonyl (C=O) groups is 1. The SMILES string of the molecule is C/C=C(\C)C[C@H](C)[C@H](O)[C@@H](C)[C@H]1O[C@]2(C[C@@H](OC)[C@@H]1C)O[C@H]([C@@H](C)[C@@H](O)[C@@H](C)\C=C/C=C/C=C\C=C\C=C/[C@H](CC(=O)O)OC)[C@@H](C)C[C@]2(O)OC. The lowest BCUT2D eigenvalue weighted by atomic mass is 9.73. The molecule has 10 nitrogen and oxygen atoms in total. The van der Waals surface area contributed by atoms with Crippen LogP contribution in [0.1, 0.15) is 81.1 Å². The zero-order valence-electron chi connectivity index (χ0n) is 33.3. The monoisotopic (exact) mass is 732 g/mol. The van der Waals surface area contributed by atoms with Crippen LogP contribution in [0.15, 0.2) is 72.4 Å². The van der Waals surface area contributed by atoms with Gasteiger partial charge in [0.1, 0.15) is 0 Å². The minimum Gasteiger partial charge on any atom is -0.481 e. The lowest BCUT2D eigenvalue weighted by Gasteiger charge is -2.59. The Labute approximate surface area is 312 Å². The lowest BCUT2D eigenvalue weighted by molar-refractivity contribution is -0.467. The van der Waals surface area contributed by atoms with E-state index in [1.165, 1.54) is 19.8 Å². The van der Waals surface area contributed by atoms with Crippen molar-refractivity contribution in [2.24, 2.45) is 35.5 Å². The molecule has 0 aromatic rings. The van der Waals surface area contributed by atoms with Crippen LogP contribution in [0.2, 0.25) is 0 Å². The van der Waals surface area contributed by atoms with Crippen LogP contribution in [0, 0.1) is 35.5 Å². The van der Waals surface area contributed by atoms with Gasteiger partial charge in [0.2, 0.25) is 11.6 Å². The molecule has 0 aliphatic carbocycles. The molecule has 0 unspecified atom stereocenters. The van der Waals surface area contributed by atoms with Crippen LogP contribution in [-0.4, -0.2) is 95.9 Å². The average molecular weight is 733 g/mol. The van der Waals surface area contributed by atoms with Crippen molar-refractivity contribution in [2.75, 3.05) is 21.3 Å². The van der Waals surface area contributed by atoms with Gasteiger partial charge in [0.25, 0.3) is 0 Å². The van der Waals surface area contributed by atoms with Gasteiger partial charge in [0.15, 0.2) is 0 Å². The maximum Gasteiger partial charge on any atom is 0.306 e. The fourth-order valence-electron chi connectivity index (χ4n) is 7.71. The molecule has 10 heteroatoms. The summed E-state index contributed by atoms with van der Waals surface area (Å²) in [6.45, 7) is 16.1. The van der Waals surface area contributed by atoms with Crippen LogP contribution in [0.25, 0.3) is 0 Å². The highest BCUT2D eigenvalue weighted by molar-refractivity contribution is 5.67. The van der Waals surface area contributed by atoms with Gasteiger partial charge in [-0.1, -0.05) is 114 Å². The maximum atomic E-state index is 12.1. The van der Waals surface area contributed by atoms with E-state index in [1.54, 1.807) is 25.3 Å². The number of carboxylic acid groups (broad SMARTS) is 1. The van der Waals surface area contributed by atoms with Gasteiger partial charge in [-0.2, -0.15) is 0 Å². The third-order valence-electron chi connectivity index (χ3n) is 11.2. The van der Waals surface area contributed by atoms with Crippen molar-refractivity contribution in [1.29, 1.82) is 0 Å². The van der Waals surface area contributed by atoms with Crippen molar-refractivity contribution in [1.82, 2.24) is 0 Å². The number of aliphatic hydroxyl groups excluding tert-OH is 2. The molecule has 1 spiro atoms. The molecule has 0 aromatic carbocycles. The van der Waals surface area contributed by atoms with Gasteiger partial charge in [-0.25, -0.2) is 0 Å². The van der Waals surface area contributed by atoms with Crippen molar-refractivity contribution in [3.63, 3.8) is 0 Å². The van der Waals surface area contributed by atoms with E-state index in [0.29, 0.717) is 0 Å². The molecular weight excluding hydrogens is 664 g/mol. The number of rotatable bonds is 19. The van der Waals surface area contributed by atoms with E-state index >= 15 is 0 Å². The third kappa shape index (κ3) is 12.0. The normalized spacial score (nSPS) is 33.3. The first-order valence-electron chi connectivity index (χ1n) is 18.7. The van der Waals surface area contributed by atoms with Gasteiger partial charge in [0, 0.05) is 57.8 Å². The lowest BCUT2D eigenvalue weighted by Crippen LogP contribution is -2.71. The van der Waals surface area contributed by atoms with E-state index in [1.807, 2.05) is 84.1 Å². The molecule has 0 amide bonds. The first-order valence-corrected chi connectivity index (χ1v) is 18.7. The van der Waals surface area contributed by atoms with Gasteiger partial charge in [0.05, 0.1) is 43.0 Å². The molecule has 2 fully saturated rings. The van der Waals surface area contributed by atoms with Gasteiger partial charge < -0.3 is 44.1 Å². The Bertz CT molecular complexity index is 1270. The smallest absolute Gasteiger partial charge is 0.306 e. The molecular formula is C42H68O10. The summed E-state index contributed by atoms with van der Waals surface area (Å²) in [5.41, 5.74) is 1.21. The summed E-state index contributed by atoms with van der Waals surface area (Å²) in [5, 5.41) is 44.0. The van der Waals surface area contributed by atoms with Crippen LogP contribution >= 0.6 is 0 Å². The van der Waals surface area contributed by atoms with E-state index < -0.39 is 48.1 Å². The molecule has 2 saturated heterocycles. The number of hydrogen-bond donors (Lipinski definition) is 4. The zero-order valence-corrected chi connectivity index (χ0v) is 33.3. The predicted molar refractivity (Wildman–Crippen MR) is 204 cm³/mol. The van der Waals surface area contributed by atoms with E-state index in [0.717, 1.165) is 6.42 Å². The van der Waals surface area contributed by atoms with Crippen molar-refractivity contribution in [3.8, 4) is 0 Å². The summed E-state index contributed by atoms with van der Waals surface area (Å²) >= 11 is 0. The maximum absolute atomic E-state index is 12.1. The highest BCUT2D eigenvalue weighted by Crippen LogP contribution is 2.52. The van der Waals surface area contributed by atoms with Crippen LogP contribution in [0.3, 0.4) is 0 Å². The molecule has 4 N–H and O–H groups in total. The first-order chi connectivity index (χ1) is 24.5. The molecule has 0 aromatic heterocycles. The molecule has 296 valence electrons. The molecule has 0 radical (unpaired) electrons. The molecule has 2 heterocycles. The Balaban J connectivity index is 2.19. The summed E-state index contributed by atoms with van der Waals surface area (Å²) in [7, 11) is 4.58. The Morgan fingerprint density at radius 3 is 1.88 bits per heavy atom. The summed E-state index contributed by atoms with van der Waals surface area (Å²) in [4.78, 5) is 10.8. The van der Waals surface area contributed by atoms with Crippen LogP contribution in [0.5, 0.6) is 0 Å². The second-order valence-electron chi connectivity index (χ2n) is 15.1. The summed E-state index contributed by atoms with van der Waals surface area (Å²) in [6.07, 6.45) is 18.4. The number of hydrogen-bond acceptors (Lipinski definition) is 9. The zero-order chi connectivity index (χ0) is 39.2. The number of allylic oxidation sites excluding steroid dienone is 10. The second-order valence-corrected chi connectivity index (χ2v) is 15.1. The van der Waals surface area contributed by atoms with Crippen molar-refractivity contribution >= 4 is 5.97 Å². The third-order valence-corrected chi connectivity index (χ3v) is 11.2. The standard InChI is InChI=1S/C42H68O10/c1-12-27(2)23-29(4)38(46)33(8)40-31(6)35(49-10)26-42(52-40)41(47,50-11)25-30(5)39(51-42)32(7)37(45)28(3)21-19-17-15-13-14-16-18-20-22-34(48-9)24-36(43)44/h12-22,28-35,37-40,45-47H,23-26H2,1-11H3,(H,43,44)/b14-13-,17-15+,18-16+,21-19-,22-20-,27-12+/t28-,29-,30-,31-,32-,33+,34+,35+,37-,38-,39-,40-,41-,42-/m0/s1. The Hall–Kier alpha value is -2.41. The summed E-state index contributed by atoms with van der Waals surface area (Å²) in [6, 6.07) is 0. The van der Waals surface area contributed by atoms with E-state index in [4.69, 9.17) is 28.8 Å². The highest BCUT2D eigenvalue weighted by atomic mass is 16.8. The predicted octanol–water partition coefficient (Wildman–Crippen LogP) is 6.78. The molecule has 14 atom stereocenters. The van der Waals surface area contributed by atoms with Crippen molar-refractivity contribution in [3.05, 3.63) is 72.4 Å². The van der Waals surface area contributed by atoms with Crippen LogP contribution in [0.4, 0.5) is 0 Å². The number of ether oxygens (including phenoxy) is 5. The van der Waals surface area contributed by atoms with Gasteiger partial charge in [-0.15, -0.1) is 0 Å². The molecule has 2 aliphatic rings. The highest BCUT2D eigenvalue weighted by Gasteiger charge is 2.65. The largest absolute Gasteiger partial charge is 0.481 e. The fraction of sp³-hybridized carbons (Fsp3) is 0.690. The fourth-order valence-corrected chi connectivity index (χ4v) is 7.71. The topological polar surface area (TPSA) is 144 Å². The molecule has 0 saturated carbocycles. The van der Waals surface area contributed by atoms with Gasteiger partial charge >= 0.3 is 5.97 Å². The molecule has 2 aliphatic heterocycles. The van der Waals surface area contributed by atoms with E-state index in [2.05, 4.69) is 19.9 Å². The Kier molecular flexibility index (Phi) is 18.9. The average Bonchev–Trinajstić information content (AvgIpc) is 3.12. The summed E-state index contributed by atoms with van der Waals surface area (Å²) in [5.74, 6) is -5.37. The van der Waals surface area contributed by atoms with Crippen molar-refractivity contribution < 1.29 is 48.9 Å². The molecule has 52 heavy (non-hydrogen) atoms. The number of carboxylic acids is 1. The van der Waals surface area contributed by atoms with Crippen LogP contribution in [-0.2, 0) is 28.5 Å². The number of methoxy groups -OCH3 is 3. The van der Waals surface area contributed by atoms with Gasteiger partial charge in [-0.05, 0) is 32.1 Å². The number of aliphatic hydroxyl groups is 3.